The quantitative estimate of drug-likeness (QED) is 0.464. The van der Waals surface area contributed by atoms with Crippen molar-refractivity contribution in [2.45, 2.75) is 51.4 Å². The van der Waals surface area contributed by atoms with E-state index in [-0.39, 0.29) is 11.1 Å². The van der Waals surface area contributed by atoms with Crippen molar-refractivity contribution in [1.82, 2.24) is 0 Å². The number of rotatable bonds is 4. The number of thiophene rings is 2. The summed E-state index contributed by atoms with van der Waals surface area (Å²) in [6.07, 6.45) is 0.846. The summed E-state index contributed by atoms with van der Waals surface area (Å²) in [5, 5.41) is 4.39. The van der Waals surface area contributed by atoms with Crippen molar-refractivity contribution in [2.24, 2.45) is 0 Å². The van der Waals surface area contributed by atoms with Gasteiger partial charge in [0.1, 0.15) is 0 Å². The van der Waals surface area contributed by atoms with Crippen LogP contribution < -0.4 is 0 Å². The predicted octanol–water partition coefficient (Wildman–Crippen LogP) is 6.31. The second kappa shape index (κ2) is 7.14. The topological polar surface area (TPSA) is 9.23 Å². The molecule has 2 aromatic rings. The number of hydrogen-bond acceptors (Lipinski definition) is 3. The van der Waals surface area contributed by atoms with E-state index in [9.17, 15) is 0 Å². The van der Waals surface area contributed by atoms with Gasteiger partial charge in [-0.1, -0.05) is 44.7 Å². The monoisotopic (exact) mass is 348 g/mol. The Labute approximate surface area is 143 Å². The van der Waals surface area contributed by atoms with E-state index in [1.54, 1.807) is 22.7 Å². The highest BCUT2D eigenvalue weighted by molar-refractivity contribution is 7.10. The first-order valence-corrected chi connectivity index (χ1v) is 12.2. The van der Waals surface area contributed by atoms with Crippen molar-refractivity contribution in [1.29, 1.82) is 0 Å². The maximum Gasteiger partial charge on any atom is 0.192 e. The summed E-state index contributed by atoms with van der Waals surface area (Å²) in [7, 11) is -1.80. The van der Waals surface area contributed by atoms with Crippen LogP contribution in [0.15, 0.2) is 35.0 Å². The van der Waals surface area contributed by atoms with Crippen molar-refractivity contribution in [2.75, 3.05) is 0 Å². The molecule has 0 aromatic carbocycles. The molecule has 0 spiro atoms. The Morgan fingerprint density at radius 1 is 1.14 bits per heavy atom. The molecule has 0 aliphatic heterocycles. The summed E-state index contributed by atoms with van der Waals surface area (Å²) in [4.78, 5) is 2.41. The van der Waals surface area contributed by atoms with Crippen LogP contribution in [0.1, 0.15) is 43.1 Å². The zero-order chi connectivity index (χ0) is 16.2. The Morgan fingerprint density at radius 2 is 1.82 bits per heavy atom. The fourth-order valence-electron chi connectivity index (χ4n) is 1.79. The summed E-state index contributed by atoms with van der Waals surface area (Å²) in [5.74, 6) is 6.56. The SMILES string of the molecule is CC(C)(C)[Si](C)(C)OC(CC#Cc1cccs1)c1cccs1. The molecule has 0 aliphatic rings. The first kappa shape index (κ1) is 17.5. The largest absolute Gasteiger partial charge is 0.408 e. The van der Waals surface area contributed by atoms with Crippen LogP contribution in [-0.2, 0) is 4.43 Å². The lowest BCUT2D eigenvalue weighted by Gasteiger charge is -2.38. The molecule has 0 N–H and O–H groups in total. The van der Waals surface area contributed by atoms with E-state index in [1.807, 2.05) is 6.07 Å². The van der Waals surface area contributed by atoms with Gasteiger partial charge in [0.25, 0.3) is 0 Å². The Bertz CT molecular complexity index is 625. The summed E-state index contributed by atoms with van der Waals surface area (Å²) < 4.78 is 6.62. The van der Waals surface area contributed by atoms with E-state index in [0.717, 1.165) is 11.3 Å². The zero-order valence-electron chi connectivity index (χ0n) is 14.0. The molecular formula is C18H24OS2Si. The number of hydrogen-bond donors (Lipinski definition) is 0. The minimum absolute atomic E-state index is 0.0911. The minimum atomic E-state index is -1.80. The standard InChI is InChI=1S/C18H24OS2Si/c1-18(2,3)22(4,5)19-16(17-12-8-14-21-17)11-6-9-15-10-7-13-20-15/h7-8,10,12-14,16H,11H2,1-5H3. The fraction of sp³-hybridized carbons (Fsp3) is 0.444. The van der Waals surface area contributed by atoms with Crippen molar-refractivity contribution >= 4 is 31.0 Å². The Hall–Kier alpha value is -0.863. The highest BCUT2D eigenvalue weighted by atomic mass is 32.1. The van der Waals surface area contributed by atoms with Gasteiger partial charge in [-0.25, -0.2) is 0 Å². The third kappa shape index (κ3) is 4.56. The third-order valence-corrected chi connectivity index (χ3v) is 10.4. The Balaban J connectivity index is 2.14. The summed E-state index contributed by atoms with van der Waals surface area (Å²) in [6.45, 7) is 11.5. The molecule has 0 saturated carbocycles. The van der Waals surface area contributed by atoms with E-state index >= 15 is 0 Å². The molecular weight excluding hydrogens is 324 g/mol. The predicted molar refractivity (Wildman–Crippen MR) is 101 cm³/mol. The molecule has 2 aromatic heterocycles. The average Bonchev–Trinajstić information content (AvgIpc) is 3.09. The van der Waals surface area contributed by atoms with E-state index < -0.39 is 8.32 Å². The minimum Gasteiger partial charge on any atom is -0.408 e. The molecule has 1 unspecified atom stereocenters. The van der Waals surface area contributed by atoms with Crippen LogP contribution >= 0.6 is 22.7 Å². The molecule has 2 rings (SSSR count). The third-order valence-electron chi connectivity index (χ3n) is 4.12. The highest BCUT2D eigenvalue weighted by Crippen LogP contribution is 2.41. The van der Waals surface area contributed by atoms with E-state index in [2.05, 4.69) is 74.7 Å². The van der Waals surface area contributed by atoms with Gasteiger partial charge in [0.05, 0.1) is 11.0 Å². The maximum absolute atomic E-state index is 6.62. The highest BCUT2D eigenvalue weighted by Gasteiger charge is 2.39. The van der Waals surface area contributed by atoms with Crippen molar-refractivity contribution in [3.63, 3.8) is 0 Å². The molecule has 0 radical (unpaired) electrons. The van der Waals surface area contributed by atoms with Gasteiger partial charge in [0.15, 0.2) is 8.32 Å². The second-order valence-electron chi connectivity index (χ2n) is 6.87. The van der Waals surface area contributed by atoms with E-state index in [0.29, 0.717) is 0 Å². The molecule has 118 valence electrons. The molecule has 0 bridgehead atoms. The van der Waals surface area contributed by atoms with Gasteiger partial charge < -0.3 is 4.43 Å². The smallest absolute Gasteiger partial charge is 0.192 e. The molecule has 1 atom stereocenters. The second-order valence-corrected chi connectivity index (χ2v) is 13.5. The molecule has 4 heteroatoms. The molecule has 0 fully saturated rings. The van der Waals surface area contributed by atoms with E-state index in [4.69, 9.17) is 4.43 Å². The summed E-state index contributed by atoms with van der Waals surface area (Å²) >= 11 is 3.45. The van der Waals surface area contributed by atoms with Crippen LogP contribution in [0.5, 0.6) is 0 Å². The van der Waals surface area contributed by atoms with Gasteiger partial charge in [-0.3, -0.25) is 0 Å². The van der Waals surface area contributed by atoms with Gasteiger partial charge in [0, 0.05) is 11.3 Å². The van der Waals surface area contributed by atoms with Crippen molar-refractivity contribution < 1.29 is 4.43 Å². The molecule has 0 saturated heterocycles. The van der Waals surface area contributed by atoms with Gasteiger partial charge in [-0.2, -0.15) is 0 Å². The zero-order valence-corrected chi connectivity index (χ0v) is 16.6. The van der Waals surface area contributed by atoms with Gasteiger partial charge in [-0.05, 0) is 41.0 Å². The first-order valence-electron chi connectivity index (χ1n) is 7.53. The lowest BCUT2D eigenvalue weighted by atomic mass is 10.2. The Morgan fingerprint density at radius 3 is 2.36 bits per heavy atom. The molecule has 0 aliphatic carbocycles. The van der Waals surface area contributed by atoms with Crippen LogP contribution in [-0.4, -0.2) is 8.32 Å². The average molecular weight is 349 g/mol. The van der Waals surface area contributed by atoms with Gasteiger partial charge >= 0.3 is 0 Å². The maximum atomic E-state index is 6.62. The lowest BCUT2D eigenvalue weighted by molar-refractivity contribution is 0.192. The van der Waals surface area contributed by atoms with Crippen molar-refractivity contribution in [3.8, 4) is 11.8 Å². The molecule has 0 amide bonds. The molecule has 22 heavy (non-hydrogen) atoms. The Kier molecular flexibility index (Phi) is 5.68. The van der Waals surface area contributed by atoms with E-state index in [1.165, 1.54) is 4.88 Å². The summed E-state index contributed by atoms with van der Waals surface area (Å²) in [6, 6.07) is 8.36. The molecule has 1 nitrogen and oxygen atoms in total. The molecule has 2 heterocycles. The summed E-state index contributed by atoms with van der Waals surface area (Å²) in [5.41, 5.74) is 0. The first-order chi connectivity index (χ1) is 10.3. The fourth-order valence-corrected chi connectivity index (χ4v) is 4.49. The van der Waals surface area contributed by atoms with Crippen LogP contribution in [0.3, 0.4) is 0 Å². The van der Waals surface area contributed by atoms with Gasteiger partial charge in [-0.15, -0.1) is 22.7 Å². The lowest BCUT2D eigenvalue weighted by Crippen LogP contribution is -2.41. The van der Waals surface area contributed by atoms with Gasteiger partial charge in [0.2, 0.25) is 0 Å². The van der Waals surface area contributed by atoms with Crippen LogP contribution in [0.25, 0.3) is 0 Å². The van der Waals surface area contributed by atoms with Crippen LogP contribution in [0.2, 0.25) is 18.1 Å². The normalized spacial score (nSPS) is 13.5. The van der Waals surface area contributed by atoms with Crippen molar-refractivity contribution in [3.05, 3.63) is 44.8 Å². The van der Waals surface area contributed by atoms with Crippen LogP contribution in [0.4, 0.5) is 0 Å². The van der Waals surface area contributed by atoms with Crippen LogP contribution in [0, 0.1) is 11.8 Å².